The van der Waals surface area contributed by atoms with Gasteiger partial charge in [-0.05, 0) is 36.5 Å². The SMILES string of the molecule is CCOC(=O)N1CCCN(C(=O)c2cc(C(C)(C)C)ccc2OC)CC1. The summed E-state index contributed by atoms with van der Waals surface area (Å²) in [7, 11) is 1.58. The van der Waals surface area contributed by atoms with Crippen molar-refractivity contribution in [3.63, 3.8) is 0 Å². The lowest BCUT2D eigenvalue weighted by Crippen LogP contribution is -2.37. The van der Waals surface area contributed by atoms with Gasteiger partial charge in [0.15, 0.2) is 0 Å². The van der Waals surface area contributed by atoms with Gasteiger partial charge in [-0.1, -0.05) is 26.8 Å². The number of hydrogen-bond acceptors (Lipinski definition) is 4. The number of amides is 2. The third-order valence-corrected chi connectivity index (χ3v) is 4.61. The van der Waals surface area contributed by atoms with Crippen LogP contribution in [0, 0.1) is 0 Å². The largest absolute Gasteiger partial charge is 0.496 e. The Hall–Kier alpha value is -2.24. The van der Waals surface area contributed by atoms with Crippen molar-refractivity contribution in [3.8, 4) is 5.75 Å². The van der Waals surface area contributed by atoms with Crippen LogP contribution < -0.4 is 4.74 Å². The molecule has 0 spiro atoms. The maximum absolute atomic E-state index is 13.1. The van der Waals surface area contributed by atoms with E-state index in [1.54, 1.807) is 23.8 Å². The lowest BCUT2D eigenvalue weighted by atomic mass is 9.86. The van der Waals surface area contributed by atoms with Crippen molar-refractivity contribution in [2.75, 3.05) is 39.9 Å². The molecule has 2 amide bonds. The summed E-state index contributed by atoms with van der Waals surface area (Å²) in [6.07, 6.45) is 0.417. The molecule has 0 aliphatic carbocycles. The Morgan fingerprint density at radius 3 is 2.35 bits per heavy atom. The molecule has 1 aromatic carbocycles. The number of carbonyl (C=O) groups excluding carboxylic acids is 2. The average Bonchev–Trinajstić information content (AvgIpc) is 2.86. The van der Waals surface area contributed by atoms with Crippen LogP contribution in [0.15, 0.2) is 18.2 Å². The molecule has 144 valence electrons. The van der Waals surface area contributed by atoms with Crippen LogP contribution in [0.3, 0.4) is 0 Å². The van der Waals surface area contributed by atoms with Crippen LogP contribution in [0.25, 0.3) is 0 Å². The van der Waals surface area contributed by atoms with E-state index in [0.717, 1.165) is 12.0 Å². The highest BCUT2D eigenvalue weighted by molar-refractivity contribution is 5.97. The predicted octanol–water partition coefficient (Wildman–Crippen LogP) is 3.30. The maximum atomic E-state index is 13.1. The Morgan fingerprint density at radius 1 is 1.08 bits per heavy atom. The quantitative estimate of drug-likeness (QED) is 0.828. The zero-order chi connectivity index (χ0) is 19.3. The van der Waals surface area contributed by atoms with Crippen LogP contribution in [0.4, 0.5) is 4.79 Å². The first-order chi connectivity index (χ1) is 12.3. The van der Waals surface area contributed by atoms with E-state index in [2.05, 4.69) is 20.8 Å². The third-order valence-electron chi connectivity index (χ3n) is 4.61. The Kier molecular flexibility index (Phi) is 6.51. The van der Waals surface area contributed by atoms with Crippen LogP contribution in [-0.2, 0) is 10.2 Å². The molecule has 0 unspecified atom stereocenters. The van der Waals surface area contributed by atoms with Crippen LogP contribution >= 0.6 is 0 Å². The van der Waals surface area contributed by atoms with Gasteiger partial charge in [0.25, 0.3) is 5.91 Å². The molecular formula is C20H30N2O4. The van der Waals surface area contributed by atoms with Gasteiger partial charge < -0.3 is 19.3 Å². The maximum Gasteiger partial charge on any atom is 0.409 e. The zero-order valence-corrected chi connectivity index (χ0v) is 16.5. The topological polar surface area (TPSA) is 59.1 Å². The summed E-state index contributed by atoms with van der Waals surface area (Å²) in [5.74, 6) is 0.521. The van der Waals surface area contributed by atoms with E-state index in [1.165, 1.54) is 0 Å². The van der Waals surface area contributed by atoms with Crippen molar-refractivity contribution < 1.29 is 19.1 Å². The predicted molar refractivity (Wildman–Crippen MR) is 101 cm³/mol. The second-order valence-electron chi connectivity index (χ2n) is 7.50. The van der Waals surface area contributed by atoms with Gasteiger partial charge in [0, 0.05) is 26.2 Å². The fraction of sp³-hybridized carbons (Fsp3) is 0.600. The van der Waals surface area contributed by atoms with E-state index in [-0.39, 0.29) is 17.4 Å². The van der Waals surface area contributed by atoms with E-state index >= 15 is 0 Å². The fourth-order valence-electron chi connectivity index (χ4n) is 3.03. The molecule has 1 saturated heterocycles. The Morgan fingerprint density at radius 2 is 1.73 bits per heavy atom. The van der Waals surface area contributed by atoms with Crippen LogP contribution in [0.5, 0.6) is 5.75 Å². The van der Waals surface area contributed by atoms with Gasteiger partial charge in [-0.25, -0.2) is 4.79 Å². The zero-order valence-electron chi connectivity index (χ0n) is 16.5. The molecule has 0 saturated carbocycles. The summed E-state index contributed by atoms with van der Waals surface area (Å²) in [6, 6.07) is 5.78. The number of hydrogen-bond donors (Lipinski definition) is 0. The van der Waals surface area contributed by atoms with Gasteiger partial charge in [-0.3, -0.25) is 4.79 Å². The first kappa shape index (κ1) is 20.1. The lowest BCUT2D eigenvalue weighted by Gasteiger charge is -2.25. The van der Waals surface area contributed by atoms with Gasteiger partial charge >= 0.3 is 6.09 Å². The average molecular weight is 362 g/mol. The number of rotatable bonds is 3. The molecule has 1 fully saturated rings. The molecule has 1 aliphatic rings. The molecule has 0 aromatic heterocycles. The van der Waals surface area contributed by atoms with Gasteiger partial charge in [-0.15, -0.1) is 0 Å². The minimum atomic E-state index is -0.311. The second kappa shape index (κ2) is 8.43. The summed E-state index contributed by atoms with van der Waals surface area (Å²) in [5, 5.41) is 0. The number of ether oxygens (including phenoxy) is 2. The van der Waals surface area contributed by atoms with E-state index in [4.69, 9.17) is 9.47 Å². The summed E-state index contributed by atoms with van der Waals surface area (Å²) in [5.41, 5.74) is 1.61. The lowest BCUT2D eigenvalue weighted by molar-refractivity contribution is 0.0750. The monoisotopic (exact) mass is 362 g/mol. The number of carbonyl (C=O) groups is 2. The van der Waals surface area contributed by atoms with Gasteiger partial charge in [-0.2, -0.15) is 0 Å². The Labute approximate surface area is 156 Å². The minimum absolute atomic E-state index is 0.0548. The van der Waals surface area contributed by atoms with Gasteiger partial charge in [0.1, 0.15) is 5.75 Å². The summed E-state index contributed by atoms with van der Waals surface area (Å²) in [6.45, 7) is 10.7. The number of nitrogens with zero attached hydrogens (tertiary/aromatic N) is 2. The van der Waals surface area contributed by atoms with Crippen molar-refractivity contribution in [3.05, 3.63) is 29.3 Å². The molecule has 1 heterocycles. The van der Waals surface area contributed by atoms with Crippen molar-refractivity contribution in [2.45, 2.75) is 39.5 Å². The molecule has 0 radical (unpaired) electrons. The third kappa shape index (κ3) is 4.68. The Balaban J connectivity index is 2.19. The van der Waals surface area contributed by atoms with Crippen LogP contribution in [0.1, 0.15) is 50.0 Å². The summed E-state index contributed by atoms with van der Waals surface area (Å²) in [4.78, 5) is 28.5. The van der Waals surface area contributed by atoms with Crippen molar-refractivity contribution in [2.24, 2.45) is 0 Å². The van der Waals surface area contributed by atoms with E-state index in [9.17, 15) is 9.59 Å². The summed E-state index contributed by atoms with van der Waals surface area (Å²) < 4.78 is 10.5. The van der Waals surface area contributed by atoms with E-state index in [0.29, 0.717) is 44.1 Å². The summed E-state index contributed by atoms with van der Waals surface area (Å²) >= 11 is 0. The molecule has 0 atom stereocenters. The molecule has 26 heavy (non-hydrogen) atoms. The molecule has 0 bridgehead atoms. The van der Waals surface area contributed by atoms with Gasteiger partial charge in [0.2, 0.25) is 0 Å². The molecule has 1 aliphatic heterocycles. The minimum Gasteiger partial charge on any atom is -0.496 e. The van der Waals surface area contributed by atoms with E-state index < -0.39 is 0 Å². The molecule has 6 nitrogen and oxygen atoms in total. The number of benzene rings is 1. The Bertz CT molecular complexity index is 652. The highest BCUT2D eigenvalue weighted by Crippen LogP contribution is 2.29. The normalized spacial score (nSPS) is 15.4. The molecule has 6 heteroatoms. The first-order valence-corrected chi connectivity index (χ1v) is 9.17. The number of methoxy groups -OCH3 is 1. The van der Waals surface area contributed by atoms with E-state index in [1.807, 2.05) is 18.2 Å². The van der Waals surface area contributed by atoms with Crippen LogP contribution in [-0.4, -0.2) is 61.7 Å². The fourth-order valence-corrected chi connectivity index (χ4v) is 3.03. The smallest absolute Gasteiger partial charge is 0.409 e. The highest BCUT2D eigenvalue weighted by Gasteiger charge is 2.26. The van der Waals surface area contributed by atoms with Crippen LogP contribution in [0.2, 0.25) is 0 Å². The molecular weight excluding hydrogens is 332 g/mol. The van der Waals surface area contributed by atoms with Gasteiger partial charge in [0.05, 0.1) is 19.3 Å². The highest BCUT2D eigenvalue weighted by atomic mass is 16.6. The van der Waals surface area contributed by atoms with Crippen molar-refractivity contribution in [1.82, 2.24) is 9.80 Å². The molecule has 1 aromatic rings. The van der Waals surface area contributed by atoms with Crippen molar-refractivity contribution in [1.29, 1.82) is 0 Å². The standard InChI is InChI=1S/C20H30N2O4/c1-6-26-19(24)22-11-7-10-21(12-13-22)18(23)16-14-15(20(2,3)4)8-9-17(16)25-5/h8-9,14H,6-7,10-13H2,1-5H3. The first-order valence-electron chi connectivity index (χ1n) is 9.17. The molecule has 0 N–H and O–H groups in total. The second-order valence-corrected chi connectivity index (χ2v) is 7.50. The van der Waals surface area contributed by atoms with Crippen molar-refractivity contribution >= 4 is 12.0 Å². The molecule has 2 rings (SSSR count).